The molecule has 3 rings (SSSR count). The molecule has 1 aromatic carbocycles. The van der Waals surface area contributed by atoms with E-state index < -0.39 is 6.04 Å². The van der Waals surface area contributed by atoms with Crippen LogP contribution in [0, 0.1) is 5.92 Å². The number of anilines is 1. The summed E-state index contributed by atoms with van der Waals surface area (Å²) in [6, 6.07) is 6.93. The maximum absolute atomic E-state index is 12.6. The Balaban J connectivity index is 1.58. The molecule has 0 unspecified atom stereocenters. The number of carbonyl (C=O) groups is 2. The molecule has 2 N–H and O–H groups in total. The monoisotopic (exact) mass is 430 g/mol. The summed E-state index contributed by atoms with van der Waals surface area (Å²) in [5.74, 6) is 1.08. The van der Waals surface area contributed by atoms with Crippen molar-refractivity contribution in [3.63, 3.8) is 0 Å². The van der Waals surface area contributed by atoms with Crippen molar-refractivity contribution in [1.82, 2.24) is 15.2 Å². The predicted octanol–water partition coefficient (Wildman–Crippen LogP) is 3.59. The van der Waals surface area contributed by atoms with E-state index in [-0.39, 0.29) is 18.2 Å². The van der Waals surface area contributed by atoms with E-state index >= 15 is 0 Å². The van der Waals surface area contributed by atoms with Gasteiger partial charge in [0.1, 0.15) is 5.75 Å². The molecule has 1 saturated heterocycles. The van der Waals surface area contributed by atoms with Crippen LogP contribution in [-0.2, 0) is 16.1 Å². The van der Waals surface area contributed by atoms with Crippen LogP contribution in [0.25, 0.3) is 0 Å². The number of benzene rings is 1. The number of nitrogens with one attached hydrogen (secondary N) is 2. The quantitative estimate of drug-likeness (QED) is 0.669. The third-order valence-electron chi connectivity index (χ3n) is 5.21. The van der Waals surface area contributed by atoms with Crippen molar-refractivity contribution in [2.75, 3.05) is 25.5 Å². The van der Waals surface area contributed by atoms with Gasteiger partial charge in [0.25, 0.3) is 0 Å². The Morgan fingerprint density at radius 2 is 2.10 bits per heavy atom. The average molecular weight is 431 g/mol. The largest absolute Gasteiger partial charge is 0.497 e. The van der Waals surface area contributed by atoms with E-state index in [0.29, 0.717) is 5.13 Å². The lowest BCUT2D eigenvalue weighted by Gasteiger charge is -2.30. The van der Waals surface area contributed by atoms with E-state index in [1.54, 1.807) is 7.11 Å². The van der Waals surface area contributed by atoms with Crippen LogP contribution in [0.2, 0.25) is 0 Å². The van der Waals surface area contributed by atoms with Crippen LogP contribution in [-0.4, -0.2) is 41.9 Å². The van der Waals surface area contributed by atoms with Gasteiger partial charge in [-0.15, -0.1) is 11.3 Å². The second kappa shape index (κ2) is 10.5. The van der Waals surface area contributed by atoms with E-state index in [1.165, 1.54) is 31.1 Å². The zero-order valence-electron chi connectivity index (χ0n) is 17.8. The number of thiazole rings is 1. The van der Waals surface area contributed by atoms with E-state index in [1.807, 2.05) is 29.6 Å². The van der Waals surface area contributed by atoms with Crippen molar-refractivity contribution in [3.05, 3.63) is 40.9 Å². The fourth-order valence-corrected chi connectivity index (χ4v) is 4.50. The summed E-state index contributed by atoms with van der Waals surface area (Å²) in [6.45, 7) is 6.75. The Labute approximate surface area is 181 Å². The van der Waals surface area contributed by atoms with Gasteiger partial charge in [0.2, 0.25) is 11.8 Å². The highest BCUT2D eigenvalue weighted by Gasteiger charge is 2.20. The second-order valence-corrected chi connectivity index (χ2v) is 8.76. The number of hydrogen-bond acceptors (Lipinski definition) is 6. The molecule has 0 radical (unpaired) electrons. The summed E-state index contributed by atoms with van der Waals surface area (Å²) >= 11 is 1.44. The number of methoxy groups -OCH3 is 1. The van der Waals surface area contributed by atoms with E-state index in [2.05, 4.69) is 27.4 Å². The van der Waals surface area contributed by atoms with Gasteiger partial charge in [0, 0.05) is 25.4 Å². The van der Waals surface area contributed by atoms with Crippen LogP contribution < -0.4 is 15.4 Å². The van der Waals surface area contributed by atoms with Gasteiger partial charge in [-0.25, -0.2) is 4.98 Å². The van der Waals surface area contributed by atoms with Gasteiger partial charge < -0.3 is 15.4 Å². The molecule has 2 heterocycles. The van der Waals surface area contributed by atoms with Crippen molar-refractivity contribution in [1.29, 1.82) is 0 Å². The molecular formula is C22H30N4O3S. The van der Waals surface area contributed by atoms with Gasteiger partial charge in [-0.05, 0) is 43.0 Å². The number of rotatable bonds is 8. The van der Waals surface area contributed by atoms with Gasteiger partial charge in [0.15, 0.2) is 5.13 Å². The van der Waals surface area contributed by atoms with Gasteiger partial charge in [-0.2, -0.15) is 0 Å². The molecule has 30 heavy (non-hydrogen) atoms. The Hall–Kier alpha value is -2.45. The minimum Gasteiger partial charge on any atom is -0.497 e. The lowest BCUT2D eigenvalue weighted by Crippen LogP contribution is -2.33. The number of amides is 2. The summed E-state index contributed by atoms with van der Waals surface area (Å²) in [5, 5.41) is 8.33. The SMILES string of the molecule is COc1ccc([C@@H](CC(=O)Nc2nc(CN3CCC[C@@H](C)C3)cs2)NC(C)=O)cc1. The van der Waals surface area contributed by atoms with Crippen LogP contribution in [0.5, 0.6) is 5.75 Å². The number of carbonyl (C=O) groups excluding carboxylic acids is 2. The average Bonchev–Trinajstić information content (AvgIpc) is 3.13. The van der Waals surface area contributed by atoms with Crippen molar-refractivity contribution in [2.45, 2.75) is 45.7 Å². The summed E-state index contributed by atoms with van der Waals surface area (Å²) in [5.41, 5.74) is 1.83. The van der Waals surface area contributed by atoms with Gasteiger partial charge >= 0.3 is 0 Å². The first-order chi connectivity index (χ1) is 14.4. The fraction of sp³-hybridized carbons (Fsp3) is 0.500. The van der Waals surface area contributed by atoms with Gasteiger partial charge in [-0.1, -0.05) is 19.1 Å². The molecule has 7 nitrogen and oxygen atoms in total. The van der Waals surface area contributed by atoms with Crippen LogP contribution in [0.1, 0.15) is 50.4 Å². The Bertz CT molecular complexity index is 852. The number of piperidine rings is 1. The van der Waals surface area contributed by atoms with Crippen LogP contribution in [0.4, 0.5) is 5.13 Å². The normalized spacial score (nSPS) is 17.9. The van der Waals surface area contributed by atoms with Crippen LogP contribution >= 0.6 is 11.3 Å². The topological polar surface area (TPSA) is 83.6 Å². The highest BCUT2D eigenvalue weighted by atomic mass is 32.1. The van der Waals surface area contributed by atoms with Crippen molar-refractivity contribution >= 4 is 28.3 Å². The molecule has 1 aliphatic rings. The Morgan fingerprint density at radius 3 is 2.77 bits per heavy atom. The maximum atomic E-state index is 12.6. The molecule has 2 atom stereocenters. The standard InChI is InChI=1S/C22H30N4O3S/c1-15-5-4-10-26(12-15)13-18-14-30-22(24-18)25-21(28)11-20(23-16(2)27)17-6-8-19(29-3)9-7-17/h6-9,14-15,20H,4-5,10-13H2,1-3H3,(H,23,27)(H,24,25,28)/t15-,20-/m1/s1. The van der Waals surface area contributed by atoms with Crippen molar-refractivity contribution in [3.8, 4) is 5.75 Å². The third-order valence-corrected chi connectivity index (χ3v) is 6.02. The molecule has 2 aromatic rings. The molecule has 0 saturated carbocycles. The van der Waals surface area contributed by atoms with E-state index in [9.17, 15) is 9.59 Å². The summed E-state index contributed by atoms with van der Waals surface area (Å²) in [6.07, 6.45) is 2.65. The number of likely N-dealkylation sites (tertiary alicyclic amines) is 1. The second-order valence-electron chi connectivity index (χ2n) is 7.91. The Morgan fingerprint density at radius 1 is 1.33 bits per heavy atom. The first kappa shape index (κ1) is 22.2. The first-order valence-electron chi connectivity index (χ1n) is 10.3. The molecule has 1 aliphatic heterocycles. The summed E-state index contributed by atoms with van der Waals surface area (Å²) < 4.78 is 5.18. The molecule has 0 bridgehead atoms. The minimum atomic E-state index is -0.414. The number of nitrogens with zero attached hydrogens (tertiary/aromatic N) is 2. The lowest BCUT2D eigenvalue weighted by molar-refractivity contribution is -0.120. The zero-order chi connectivity index (χ0) is 21.5. The first-order valence-corrected chi connectivity index (χ1v) is 11.2. The molecule has 0 spiro atoms. The molecular weight excluding hydrogens is 400 g/mol. The molecule has 1 fully saturated rings. The van der Waals surface area contributed by atoms with E-state index in [4.69, 9.17) is 4.74 Å². The molecule has 162 valence electrons. The van der Waals surface area contributed by atoms with Crippen LogP contribution in [0.3, 0.4) is 0 Å². The summed E-state index contributed by atoms with van der Waals surface area (Å²) in [4.78, 5) is 31.2. The van der Waals surface area contributed by atoms with Crippen molar-refractivity contribution < 1.29 is 14.3 Å². The van der Waals surface area contributed by atoms with Crippen LogP contribution in [0.15, 0.2) is 29.6 Å². The van der Waals surface area contributed by atoms with Crippen molar-refractivity contribution in [2.24, 2.45) is 5.92 Å². The predicted molar refractivity (Wildman–Crippen MR) is 119 cm³/mol. The van der Waals surface area contributed by atoms with Gasteiger partial charge in [-0.3, -0.25) is 14.5 Å². The molecule has 8 heteroatoms. The number of aromatic nitrogens is 1. The third kappa shape index (κ3) is 6.53. The number of hydrogen-bond donors (Lipinski definition) is 2. The highest BCUT2D eigenvalue weighted by Crippen LogP contribution is 2.23. The maximum Gasteiger partial charge on any atom is 0.228 e. The highest BCUT2D eigenvalue weighted by molar-refractivity contribution is 7.13. The molecule has 0 aliphatic carbocycles. The fourth-order valence-electron chi connectivity index (χ4n) is 3.79. The number of ether oxygens (including phenoxy) is 1. The smallest absolute Gasteiger partial charge is 0.228 e. The van der Waals surface area contributed by atoms with Gasteiger partial charge in [0.05, 0.1) is 25.3 Å². The molecule has 1 aromatic heterocycles. The van der Waals surface area contributed by atoms with E-state index in [0.717, 1.165) is 42.6 Å². The lowest BCUT2D eigenvalue weighted by atomic mass is 10.0. The molecule has 2 amide bonds. The minimum absolute atomic E-state index is 0.129. The zero-order valence-corrected chi connectivity index (χ0v) is 18.6. The Kier molecular flexibility index (Phi) is 7.81. The summed E-state index contributed by atoms with van der Waals surface area (Å²) in [7, 11) is 1.60.